The van der Waals surface area contributed by atoms with Crippen molar-refractivity contribution in [1.29, 1.82) is 0 Å². The SMILES string of the molecule is O=C(O)c1cccc(C2C(O)=Cc3ccccc32)c1. The van der Waals surface area contributed by atoms with Crippen molar-refractivity contribution in [2.24, 2.45) is 0 Å². The van der Waals surface area contributed by atoms with Gasteiger partial charge in [-0.15, -0.1) is 0 Å². The molecule has 0 spiro atoms. The summed E-state index contributed by atoms with van der Waals surface area (Å²) in [6.07, 6.45) is 1.73. The van der Waals surface area contributed by atoms with Gasteiger partial charge < -0.3 is 10.2 Å². The number of carboxylic acid groups (broad SMARTS) is 1. The van der Waals surface area contributed by atoms with Crippen molar-refractivity contribution in [3.8, 4) is 0 Å². The quantitative estimate of drug-likeness (QED) is 0.860. The highest BCUT2D eigenvalue weighted by Crippen LogP contribution is 2.39. The van der Waals surface area contributed by atoms with E-state index < -0.39 is 5.97 Å². The van der Waals surface area contributed by atoms with Crippen LogP contribution in [0.15, 0.2) is 54.3 Å². The molecule has 0 aliphatic heterocycles. The molecule has 2 aromatic rings. The van der Waals surface area contributed by atoms with Crippen LogP contribution in [0.3, 0.4) is 0 Å². The van der Waals surface area contributed by atoms with Crippen molar-refractivity contribution >= 4 is 12.0 Å². The summed E-state index contributed by atoms with van der Waals surface area (Å²) >= 11 is 0. The molecule has 1 aliphatic carbocycles. The molecule has 19 heavy (non-hydrogen) atoms. The minimum absolute atomic E-state index is 0.231. The van der Waals surface area contributed by atoms with Crippen LogP contribution in [0.5, 0.6) is 0 Å². The Kier molecular flexibility index (Phi) is 2.60. The number of carbonyl (C=O) groups is 1. The number of aromatic carboxylic acids is 1. The highest BCUT2D eigenvalue weighted by atomic mass is 16.4. The first-order chi connectivity index (χ1) is 9.16. The van der Waals surface area contributed by atoms with Crippen LogP contribution in [-0.2, 0) is 0 Å². The van der Waals surface area contributed by atoms with Crippen LogP contribution in [0, 0.1) is 0 Å². The minimum atomic E-state index is -0.961. The number of aliphatic hydroxyl groups excluding tert-OH is 1. The third-order valence-corrected chi connectivity index (χ3v) is 3.37. The second-order valence-electron chi connectivity index (χ2n) is 4.56. The van der Waals surface area contributed by atoms with Gasteiger partial charge in [0, 0.05) is 0 Å². The molecule has 0 saturated heterocycles. The molecule has 0 amide bonds. The van der Waals surface area contributed by atoms with Gasteiger partial charge in [0.05, 0.1) is 11.5 Å². The number of hydrogen-bond donors (Lipinski definition) is 2. The Balaban J connectivity index is 2.11. The number of aliphatic hydroxyl groups is 1. The van der Waals surface area contributed by atoms with Crippen molar-refractivity contribution in [1.82, 2.24) is 0 Å². The Morgan fingerprint density at radius 2 is 1.84 bits per heavy atom. The van der Waals surface area contributed by atoms with Gasteiger partial charge in [0.2, 0.25) is 0 Å². The zero-order valence-electron chi connectivity index (χ0n) is 10.1. The van der Waals surface area contributed by atoms with Crippen LogP contribution in [-0.4, -0.2) is 16.2 Å². The maximum Gasteiger partial charge on any atom is 0.335 e. The maximum atomic E-state index is 11.0. The van der Waals surface area contributed by atoms with Crippen molar-refractivity contribution < 1.29 is 15.0 Å². The molecule has 0 fully saturated rings. The first-order valence-corrected chi connectivity index (χ1v) is 5.99. The lowest BCUT2D eigenvalue weighted by molar-refractivity contribution is 0.0696. The Hall–Kier alpha value is -2.55. The molecule has 1 aliphatic rings. The molecule has 3 heteroatoms. The smallest absolute Gasteiger partial charge is 0.335 e. The normalized spacial score (nSPS) is 16.8. The predicted molar refractivity (Wildman–Crippen MR) is 72.3 cm³/mol. The van der Waals surface area contributed by atoms with E-state index in [1.807, 2.05) is 30.3 Å². The Bertz CT molecular complexity index is 686. The van der Waals surface area contributed by atoms with Crippen molar-refractivity contribution in [2.75, 3.05) is 0 Å². The summed E-state index contributed by atoms with van der Waals surface area (Å²) in [4.78, 5) is 11.0. The van der Waals surface area contributed by atoms with Gasteiger partial charge in [0.15, 0.2) is 0 Å². The molecule has 94 valence electrons. The summed E-state index contributed by atoms with van der Waals surface area (Å²) in [7, 11) is 0. The van der Waals surface area contributed by atoms with Crippen LogP contribution < -0.4 is 0 Å². The van der Waals surface area contributed by atoms with Gasteiger partial charge in [0.1, 0.15) is 5.76 Å². The average molecular weight is 252 g/mol. The third kappa shape index (κ3) is 1.89. The fourth-order valence-electron chi connectivity index (χ4n) is 2.51. The van der Waals surface area contributed by atoms with E-state index in [-0.39, 0.29) is 17.2 Å². The van der Waals surface area contributed by atoms with Crippen LogP contribution in [0.2, 0.25) is 0 Å². The largest absolute Gasteiger partial charge is 0.511 e. The fraction of sp³-hybridized carbons (Fsp3) is 0.0625. The number of fused-ring (bicyclic) bond motifs is 1. The van der Waals surface area contributed by atoms with E-state index in [0.717, 1.165) is 16.7 Å². The molecule has 0 bridgehead atoms. The number of hydrogen-bond acceptors (Lipinski definition) is 2. The molecule has 1 atom stereocenters. The standard InChI is InChI=1S/C16H12O3/c17-14-9-10-4-1-2-7-13(10)15(14)11-5-3-6-12(8-11)16(18)19/h1-9,15,17H,(H,18,19). The molecule has 2 N–H and O–H groups in total. The van der Waals surface area contributed by atoms with Crippen molar-refractivity contribution in [3.63, 3.8) is 0 Å². The van der Waals surface area contributed by atoms with Gasteiger partial charge in [0.25, 0.3) is 0 Å². The molecule has 0 heterocycles. The molecule has 3 rings (SSSR count). The topological polar surface area (TPSA) is 57.5 Å². The molecular weight excluding hydrogens is 240 g/mol. The average Bonchev–Trinajstić information content (AvgIpc) is 2.74. The van der Waals surface area contributed by atoms with Crippen LogP contribution in [0.1, 0.15) is 33.0 Å². The van der Waals surface area contributed by atoms with Crippen molar-refractivity contribution in [3.05, 3.63) is 76.5 Å². The fourth-order valence-corrected chi connectivity index (χ4v) is 2.51. The van der Waals surface area contributed by atoms with Gasteiger partial charge in [-0.3, -0.25) is 0 Å². The minimum Gasteiger partial charge on any atom is -0.511 e. The summed E-state index contributed by atoms with van der Waals surface area (Å²) in [5, 5.41) is 19.1. The van der Waals surface area contributed by atoms with E-state index in [4.69, 9.17) is 5.11 Å². The maximum absolute atomic E-state index is 11.0. The van der Waals surface area contributed by atoms with Gasteiger partial charge in [-0.2, -0.15) is 0 Å². The molecule has 0 saturated carbocycles. The van der Waals surface area contributed by atoms with E-state index >= 15 is 0 Å². The van der Waals surface area contributed by atoms with E-state index in [0.29, 0.717) is 0 Å². The predicted octanol–water partition coefficient (Wildman–Crippen LogP) is 3.43. The van der Waals surface area contributed by atoms with E-state index in [1.165, 1.54) is 0 Å². The summed E-state index contributed by atoms with van der Waals surface area (Å²) in [5.74, 6) is -0.976. The van der Waals surface area contributed by atoms with Crippen molar-refractivity contribution in [2.45, 2.75) is 5.92 Å². The van der Waals surface area contributed by atoms with Gasteiger partial charge in [-0.1, -0.05) is 36.4 Å². The number of carboxylic acids is 1. The lowest BCUT2D eigenvalue weighted by Gasteiger charge is -2.14. The number of benzene rings is 2. The Labute approximate surface area is 110 Å². The molecular formula is C16H12O3. The van der Waals surface area contributed by atoms with E-state index in [1.54, 1.807) is 24.3 Å². The zero-order valence-corrected chi connectivity index (χ0v) is 10.1. The Morgan fingerprint density at radius 1 is 1.05 bits per heavy atom. The summed E-state index contributed by atoms with van der Waals surface area (Å²) in [5.41, 5.74) is 3.00. The molecule has 3 nitrogen and oxygen atoms in total. The first kappa shape index (κ1) is 11.5. The zero-order chi connectivity index (χ0) is 13.4. The van der Waals surface area contributed by atoms with E-state index in [2.05, 4.69) is 0 Å². The monoisotopic (exact) mass is 252 g/mol. The van der Waals surface area contributed by atoms with Gasteiger partial charge in [-0.05, 0) is 34.9 Å². The summed E-state index contributed by atoms with van der Waals surface area (Å²) < 4.78 is 0. The summed E-state index contributed by atoms with van der Waals surface area (Å²) in [6, 6.07) is 14.4. The Morgan fingerprint density at radius 3 is 2.63 bits per heavy atom. The third-order valence-electron chi connectivity index (χ3n) is 3.37. The molecule has 2 aromatic carbocycles. The lowest BCUT2D eigenvalue weighted by atomic mass is 9.91. The van der Waals surface area contributed by atoms with Gasteiger partial charge in [-0.25, -0.2) is 4.79 Å². The van der Waals surface area contributed by atoms with Gasteiger partial charge >= 0.3 is 5.97 Å². The lowest BCUT2D eigenvalue weighted by Crippen LogP contribution is -2.03. The van der Waals surface area contributed by atoms with Crippen LogP contribution in [0.25, 0.3) is 6.08 Å². The molecule has 0 aromatic heterocycles. The number of rotatable bonds is 2. The number of allylic oxidation sites excluding steroid dienone is 1. The molecule has 0 radical (unpaired) electrons. The summed E-state index contributed by atoms with van der Waals surface area (Å²) in [6.45, 7) is 0. The van der Waals surface area contributed by atoms with E-state index in [9.17, 15) is 9.90 Å². The highest BCUT2D eigenvalue weighted by Gasteiger charge is 2.26. The second kappa shape index (κ2) is 4.28. The van der Waals surface area contributed by atoms with Crippen LogP contribution in [0.4, 0.5) is 0 Å². The highest BCUT2D eigenvalue weighted by molar-refractivity contribution is 5.88. The first-order valence-electron chi connectivity index (χ1n) is 5.99. The molecule has 1 unspecified atom stereocenters. The second-order valence-corrected chi connectivity index (χ2v) is 4.56. The van der Waals surface area contributed by atoms with Crippen LogP contribution >= 0.6 is 0 Å².